The second kappa shape index (κ2) is 22.6. The molecule has 27 heteroatoms. The predicted octanol–water partition coefficient (Wildman–Crippen LogP) is 5.07. The van der Waals surface area contributed by atoms with E-state index in [4.69, 9.17) is 47.9 Å². The number of carbonyl (C=O) groups is 7. The van der Waals surface area contributed by atoms with E-state index in [1.54, 1.807) is 0 Å². The molecule has 8 atom stereocenters. The van der Waals surface area contributed by atoms with E-state index >= 15 is 14.4 Å². The number of amides is 6. The number of halogens is 2. The molecule has 0 aliphatic carbocycles. The molecule has 15 N–H and O–H groups in total. The maximum atomic E-state index is 15.7. The van der Waals surface area contributed by atoms with Crippen LogP contribution in [0.15, 0.2) is 115 Å². The van der Waals surface area contributed by atoms with Crippen molar-refractivity contribution in [2.45, 2.75) is 54.8 Å². The van der Waals surface area contributed by atoms with Gasteiger partial charge in [-0.15, -0.1) is 0 Å². The first-order valence-electron chi connectivity index (χ1n) is 25.9. The number of nitrogens with one attached hydrogen (secondary N) is 6. The lowest BCUT2D eigenvalue weighted by Gasteiger charge is -2.31. The molecule has 17 bridgehead atoms. The Morgan fingerprint density at radius 2 is 1.10 bits per heavy atom. The summed E-state index contributed by atoms with van der Waals surface area (Å²) in [5.74, 6) is -13.9. The largest absolute Gasteiger partial charge is 0.508 e. The van der Waals surface area contributed by atoms with Crippen molar-refractivity contribution in [2.75, 3.05) is 7.11 Å². The van der Waals surface area contributed by atoms with Crippen LogP contribution >= 0.6 is 23.2 Å². The van der Waals surface area contributed by atoms with E-state index in [2.05, 4.69) is 31.9 Å². The van der Waals surface area contributed by atoms with Crippen LogP contribution in [0.5, 0.6) is 69.0 Å². The first kappa shape index (κ1) is 57.4. The standard InChI is InChI=1S/C59H47Cl2N7O18/c1-83-59(82)49-32-20-29(70)21-38(73)44(32)31-14-24(4-6-36(31)71)46-55(78)68-50(58(81)67-49)51(74)25-5-9-40(34(61)15-25)86-43-18-27-17-42(52(43)75)85-39-8-2-22(10-33(39)60)11-35-53(76)64-47(56(79)66-48(27)57(80)65-46)26-12-28(69)19-30(13-26)84-41-16-23(3-7-37(41)72)45(62)54(77)63-35/h2-10,12-21,35,45-51,69-75H,11,62H2,1H3,(H,63,77)(H,64,76)(H,65,80)(H,66,79)(H,67,81)(H,68,78)/t35-,45+,46-,47+,48-,49-,50+,51-/m1/s1. The van der Waals surface area contributed by atoms with Crippen molar-refractivity contribution in [3.63, 3.8) is 0 Å². The van der Waals surface area contributed by atoms with E-state index in [0.29, 0.717) is 5.56 Å². The minimum atomic E-state index is -2.15. The lowest BCUT2D eigenvalue weighted by molar-refractivity contribution is -0.146. The fourth-order valence-corrected chi connectivity index (χ4v) is 10.8. The second-order valence-electron chi connectivity index (χ2n) is 20.3. The number of aliphatic hydroxyl groups excluding tert-OH is 1. The molecule has 7 aromatic carbocycles. The number of rotatable bonds is 1. The number of aliphatic hydroxyl groups is 1. The van der Waals surface area contributed by atoms with Crippen LogP contribution in [0.2, 0.25) is 10.0 Å². The number of hydrogen-bond donors (Lipinski definition) is 14. The molecule has 13 rings (SSSR count). The van der Waals surface area contributed by atoms with Gasteiger partial charge in [0.15, 0.2) is 29.0 Å². The maximum Gasteiger partial charge on any atom is 0.333 e. The molecule has 0 radical (unpaired) electrons. The van der Waals surface area contributed by atoms with Gasteiger partial charge in [-0.2, -0.15) is 0 Å². The lowest BCUT2D eigenvalue weighted by atomic mass is 9.89. The number of methoxy groups -OCH3 is 1. The van der Waals surface area contributed by atoms with Crippen LogP contribution in [0, 0.1) is 0 Å². The van der Waals surface area contributed by atoms with E-state index in [9.17, 15) is 54.9 Å². The third-order valence-corrected chi connectivity index (χ3v) is 15.2. The molecule has 6 heterocycles. The Morgan fingerprint density at radius 1 is 0.523 bits per heavy atom. The quantitative estimate of drug-likeness (QED) is 0.0954. The number of phenolic OH excluding ortho intramolecular Hbond substituents is 6. The topological polar surface area (TPSA) is 396 Å². The minimum absolute atomic E-state index is 0.121. The summed E-state index contributed by atoms with van der Waals surface area (Å²) in [7, 11) is 0.966. The number of aromatic hydroxyl groups is 6. The van der Waals surface area contributed by atoms with Gasteiger partial charge in [0.25, 0.3) is 0 Å². The zero-order valence-corrected chi connectivity index (χ0v) is 45.8. The maximum absolute atomic E-state index is 15.7. The molecule has 6 aliphatic heterocycles. The number of esters is 1. The van der Waals surface area contributed by atoms with Crippen molar-refractivity contribution in [3.8, 4) is 80.1 Å². The van der Waals surface area contributed by atoms with Crippen LogP contribution in [0.25, 0.3) is 11.1 Å². The summed E-state index contributed by atoms with van der Waals surface area (Å²) in [4.78, 5) is 104. The van der Waals surface area contributed by atoms with Crippen molar-refractivity contribution in [1.29, 1.82) is 0 Å². The molecule has 0 saturated heterocycles. The second-order valence-corrected chi connectivity index (χ2v) is 21.1. The average Bonchev–Trinajstić information content (AvgIpc) is 2.09. The first-order valence-corrected chi connectivity index (χ1v) is 26.7. The summed E-state index contributed by atoms with van der Waals surface area (Å²) < 4.78 is 23.5. The van der Waals surface area contributed by atoms with Crippen LogP contribution in [-0.4, -0.2) is 96.4 Å². The Morgan fingerprint density at radius 3 is 1.78 bits per heavy atom. The summed E-state index contributed by atoms with van der Waals surface area (Å²) in [6.07, 6.45) is -2.42. The summed E-state index contributed by atoms with van der Waals surface area (Å²) in [6, 6.07) is 8.94. The number of ether oxygens (including phenoxy) is 4. The van der Waals surface area contributed by atoms with E-state index in [-0.39, 0.29) is 78.4 Å². The lowest BCUT2D eigenvalue weighted by Crippen LogP contribution is -2.55. The van der Waals surface area contributed by atoms with Gasteiger partial charge in [0.2, 0.25) is 41.2 Å². The molecular formula is C59H47Cl2N7O18. The minimum Gasteiger partial charge on any atom is -0.508 e. The fraction of sp³-hybridized carbons (Fsp3) is 0.169. The Labute approximate surface area is 494 Å². The van der Waals surface area contributed by atoms with Crippen molar-refractivity contribution in [1.82, 2.24) is 31.9 Å². The molecule has 0 unspecified atom stereocenters. The summed E-state index contributed by atoms with van der Waals surface area (Å²) in [6.45, 7) is 0. The van der Waals surface area contributed by atoms with Gasteiger partial charge >= 0.3 is 5.97 Å². The van der Waals surface area contributed by atoms with Crippen LogP contribution in [0.4, 0.5) is 0 Å². The first-order chi connectivity index (χ1) is 41.0. The van der Waals surface area contributed by atoms with E-state index < -0.39 is 141 Å². The normalized spacial score (nSPS) is 21.9. The highest BCUT2D eigenvalue weighted by Crippen LogP contribution is 2.48. The summed E-state index contributed by atoms with van der Waals surface area (Å²) in [5, 5.41) is 95.0. The summed E-state index contributed by atoms with van der Waals surface area (Å²) >= 11 is 13.7. The summed E-state index contributed by atoms with van der Waals surface area (Å²) in [5.41, 5.74) is 4.82. The van der Waals surface area contributed by atoms with Crippen molar-refractivity contribution < 1.29 is 88.3 Å². The van der Waals surface area contributed by atoms with Gasteiger partial charge in [-0.25, -0.2) is 4.79 Å². The molecule has 7 aromatic rings. The van der Waals surface area contributed by atoms with E-state index in [1.165, 1.54) is 54.6 Å². The number of benzene rings is 7. The van der Waals surface area contributed by atoms with Crippen molar-refractivity contribution in [3.05, 3.63) is 164 Å². The highest BCUT2D eigenvalue weighted by Gasteiger charge is 2.41. The van der Waals surface area contributed by atoms with Gasteiger partial charge in [0.1, 0.15) is 82.6 Å². The third-order valence-electron chi connectivity index (χ3n) is 14.6. The molecule has 6 aliphatic rings. The van der Waals surface area contributed by atoms with Crippen LogP contribution < -0.4 is 51.8 Å². The van der Waals surface area contributed by atoms with E-state index in [0.717, 1.165) is 67.8 Å². The highest BCUT2D eigenvalue weighted by molar-refractivity contribution is 6.32. The number of carbonyl (C=O) groups excluding carboxylic acids is 7. The van der Waals surface area contributed by atoms with Crippen LogP contribution in [0.3, 0.4) is 0 Å². The Hall–Kier alpha value is -10.5. The molecule has 0 aromatic heterocycles. The smallest absolute Gasteiger partial charge is 0.333 e. The average molecular weight is 1210 g/mol. The number of hydrogen-bond acceptors (Lipinski definition) is 19. The molecule has 6 amide bonds. The van der Waals surface area contributed by atoms with E-state index in [1.807, 2.05) is 0 Å². The van der Waals surface area contributed by atoms with Crippen molar-refractivity contribution >= 4 is 64.6 Å². The monoisotopic (exact) mass is 1210 g/mol. The fourth-order valence-electron chi connectivity index (χ4n) is 10.3. The zero-order valence-electron chi connectivity index (χ0n) is 44.3. The number of fused-ring (bicyclic) bond motifs is 14. The predicted molar refractivity (Wildman–Crippen MR) is 299 cm³/mol. The van der Waals surface area contributed by atoms with Crippen molar-refractivity contribution in [2.24, 2.45) is 5.73 Å². The van der Waals surface area contributed by atoms with Crippen LogP contribution in [0.1, 0.15) is 75.3 Å². The van der Waals surface area contributed by atoms with Gasteiger partial charge in [-0.1, -0.05) is 47.5 Å². The molecule has 0 saturated carbocycles. The number of nitrogens with two attached hydrogens (primary N) is 1. The van der Waals surface area contributed by atoms with Gasteiger partial charge in [-0.3, -0.25) is 28.8 Å². The molecule has 86 heavy (non-hydrogen) atoms. The Balaban J connectivity index is 1.14. The van der Waals surface area contributed by atoms with Gasteiger partial charge in [-0.05, 0) is 112 Å². The number of phenols is 6. The third kappa shape index (κ3) is 11.0. The van der Waals surface area contributed by atoms with Gasteiger partial charge in [0.05, 0.1) is 17.2 Å². The Kier molecular flexibility index (Phi) is 15.1. The molecule has 0 spiro atoms. The SMILES string of the molecule is COC(=O)[C@@H]1NC(=O)[C@H]2NC(=O)[C@H](NC(=O)[C@@H]3NC(=O)[C@H]4NC(=O)[C@@H](Cc5ccc(c(Cl)c5)Oc5cc3cc(c5O)Oc3ccc(cc3Cl)[C@H]2O)NC(=O)[C@@H](N)c2ccc(O)c(c2)Oc2cc(O)cc4c2)c2ccc(O)c(c2)-c2c(O)cc(O)cc21. The van der Waals surface area contributed by atoms with Gasteiger partial charge < -0.3 is 92.3 Å². The Bertz CT molecular complexity index is 4050. The zero-order chi connectivity index (χ0) is 61.2. The molecule has 0 fully saturated rings. The molecule has 440 valence electrons. The van der Waals surface area contributed by atoms with Gasteiger partial charge in [0, 0.05) is 35.2 Å². The molecule has 25 nitrogen and oxygen atoms in total. The van der Waals surface area contributed by atoms with Crippen LogP contribution in [-0.2, 0) is 44.7 Å². The molecular weight excluding hydrogens is 1170 g/mol. The highest BCUT2D eigenvalue weighted by atomic mass is 35.5.